The molecule has 1 aromatic rings. The Balaban J connectivity index is 0.00000220. The van der Waals surface area contributed by atoms with E-state index in [0.717, 1.165) is 44.6 Å². The van der Waals surface area contributed by atoms with Gasteiger partial charge in [0.05, 0.1) is 5.56 Å². The van der Waals surface area contributed by atoms with Crippen LogP contribution >= 0.6 is 12.4 Å². The van der Waals surface area contributed by atoms with E-state index in [9.17, 15) is 13.2 Å². The average molecular weight is 323 g/mol. The second-order valence-electron chi connectivity index (χ2n) is 5.31. The standard InChI is InChI=1S/C15H21F3N2.ClH/c1-2-9-20(14-7-8-19-10-14)11-12-3-5-13(6-4-12)15(16,17)18;/h3-6,14,19H,2,7-11H2,1H3;1H. The van der Waals surface area contributed by atoms with Gasteiger partial charge in [-0.2, -0.15) is 13.2 Å². The first kappa shape index (κ1) is 18.3. The van der Waals surface area contributed by atoms with Crippen molar-refractivity contribution >= 4 is 12.4 Å². The number of halogens is 4. The highest BCUT2D eigenvalue weighted by molar-refractivity contribution is 5.85. The van der Waals surface area contributed by atoms with Gasteiger partial charge in [0.1, 0.15) is 0 Å². The van der Waals surface area contributed by atoms with Gasteiger partial charge in [-0.25, -0.2) is 0 Å². The molecule has 1 aliphatic heterocycles. The number of nitrogens with zero attached hydrogens (tertiary/aromatic N) is 1. The molecule has 21 heavy (non-hydrogen) atoms. The quantitative estimate of drug-likeness (QED) is 0.889. The number of rotatable bonds is 5. The Morgan fingerprint density at radius 2 is 1.90 bits per heavy atom. The smallest absolute Gasteiger partial charge is 0.315 e. The fourth-order valence-corrected chi connectivity index (χ4v) is 2.66. The van der Waals surface area contributed by atoms with E-state index < -0.39 is 11.7 Å². The molecule has 1 atom stereocenters. The minimum absolute atomic E-state index is 0. The Hall–Kier alpha value is -0.780. The van der Waals surface area contributed by atoms with Crippen LogP contribution in [0.5, 0.6) is 0 Å². The van der Waals surface area contributed by atoms with Crippen LogP contribution in [-0.2, 0) is 12.7 Å². The molecule has 2 nitrogen and oxygen atoms in total. The van der Waals surface area contributed by atoms with Gasteiger partial charge in [-0.3, -0.25) is 4.90 Å². The number of alkyl halides is 3. The SMILES string of the molecule is CCCN(Cc1ccc(C(F)(F)F)cc1)C1CCNC1.Cl. The lowest BCUT2D eigenvalue weighted by Gasteiger charge is -2.28. The summed E-state index contributed by atoms with van der Waals surface area (Å²) in [6.45, 7) is 5.83. The summed E-state index contributed by atoms with van der Waals surface area (Å²) in [6.07, 6.45) is -2.09. The highest BCUT2D eigenvalue weighted by Gasteiger charge is 2.30. The summed E-state index contributed by atoms with van der Waals surface area (Å²) in [4.78, 5) is 2.36. The van der Waals surface area contributed by atoms with Crippen molar-refractivity contribution in [2.24, 2.45) is 0 Å². The van der Waals surface area contributed by atoms with Gasteiger partial charge < -0.3 is 5.32 Å². The molecular weight excluding hydrogens is 301 g/mol. The van der Waals surface area contributed by atoms with Crippen molar-refractivity contribution in [1.82, 2.24) is 10.2 Å². The molecule has 0 bridgehead atoms. The van der Waals surface area contributed by atoms with Crippen molar-refractivity contribution in [2.45, 2.75) is 38.5 Å². The van der Waals surface area contributed by atoms with E-state index in [1.54, 1.807) is 12.1 Å². The first-order valence-corrected chi connectivity index (χ1v) is 7.11. The fraction of sp³-hybridized carbons (Fsp3) is 0.600. The minimum atomic E-state index is -4.25. The van der Waals surface area contributed by atoms with Crippen molar-refractivity contribution in [3.05, 3.63) is 35.4 Å². The highest BCUT2D eigenvalue weighted by Crippen LogP contribution is 2.29. The predicted molar refractivity (Wildman–Crippen MR) is 80.7 cm³/mol. The van der Waals surface area contributed by atoms with Crippen LogP contribution in [-0.4, -0.2) is 30.6 Å². The predicted octanol–water partition coefficient (Wildman–Crippen LogP) is 3.70. The molecule has 120 valence electrons. The van der Waals surface area contributed by atoms with Gasteiger partial charge in [0.25, 0.3) is 0 Å². The first-order valence-electron chi connectivity index (χ1n) is 7.11. The van der Waals surface area contributed by atoms with Gasteiger partial charge in [0.2, 0.25) is 0 Å². The topological polar surface area (TPSA) is 15.3 Å². The lowest BCUT2D eigenvalue weighted by molar-refractivity contribution is -0.137. The lowest BCUT2D eigenvalue weighted by atomic mass is 10.1. The van der Waals surface area contributed by atoms with Gasteiger partial charge in [-0.05, 0) is 43.6 Å². The molecule has 1 unspecified atom stereocenters. The van der Waals surface area contributed by atoms with Crippen LogP contribution in [0.1, 0.15) is 30.9 Å². The number of hydrogen-bond acceptors (Lipinski definition) is 2. The second-order valence-corrected chi connectivity index (χ2v) is 5.31. The van der Waals surface area contributed by atoms with Crippen molar-refractivity contribution in [3.63, 3.8) is 0 Å². The molecule has 1 N–H and O–H groups in total. The lowest BCUT2D eigenvalue weighted by Crippen LogP contribution is -2.36. The molecule has 6 heteroatoms. The third kappa shape index (κ3) is 5.16. The van der Waals surface area contributed by atoms with Crippen molar-refractivity contribution in [1.29, 1.82) is 0 Å². The Kier molecular flexibility index (Phi) is 6.97. The normalized spacial score (nSPS) is 18.8. The van der Waals surface area contributed by atoms with Crippen LogP contribution in [0.25, 0.3) is 0 Å². The fourth-order valence-electron chi connectivity index (χ4n) is 2.66. The third-order valence-electron chi connectivity index (χ3n) is 3.73. The van der Waals surface area contributed by atoms with Crippen molar-refractivity contribution < 1.29 is 13.2 Å². The summed E-state index contributed by atoms with van der Waals surface area (Å²) in [5.41, 5.74) is 0.365. The number of nitrogens with one attached hydrogen (secondary N) is 1. The van der Waals surface area contributed by atoms with Crippen molar-refractivity contribution in [3.8, 4) is 0 Å². The highest BCUT2D eigenvalue weighted by atomic mass is 35.5. The van der Waals surface area contributed by atoms with E-state index in [1.807, 2.05) is 0 Å². The molecule has 0 radical (unpaired) electrons. The van der Waals surface area contributed by atoms with E-state index in [2.05, 4.69) is 17.1 Å². The van der Waals surface area contributed by atoms with Gasteiger partial charge in [-0.1, -0.05) is 19.1 Å². The minimum Gasteiger partial charge on any atom is -0.315 e. The Morgan fingerprint density at radius 1 is 1.24 bits per heavy atom. The Labute approximate surface area is 130 Å². The maximum atomic E-state index is 12.5. The van der Waals surface area contributed by atoms with E-state index in [1.165, 1.54) is 12.1 Å². The summed E-state index contributed by atoms with van der Waals surface area (Å²) in [5, 5.41) is 3.34. The average Bonchev–Trinajstić information content (AvgIpc) is 2.91. The summed E-state index contributed by atoms with van der Waals surface area (Å²) in [6, 6.07) is 6.03. The molecule has 1 aliphatic rings. The summed E-state index contributed by atoms with van der Waals surface area (Å²) >= 11 is 0. The van der Waals surface area contributed by atoms with Crippen LogP contribution in [0.2, 0.25) is 0 Å². The maximum absolute atomic E-state index is 12.5. The largest absolute Gasteiger partial charge is 0.416 e. The molecule has 1 fully saturated rings. The summed E-state index contributed by atoms with van der Waals surface area (Å²) < 4.78 is 37.6. The van der Waals surface area contributed by atoms with Crippen LogP contribution in [0, 0.1) is 0 Å². The summed E-state index contributed by atoms with van der Waals surface area (Å²) in [7, 11) is 0. The number of hydrogen-bond donors (Lipinski definition) is 1. The molecule has 1 heterocycles. The van der Waals surface area contributed by atoms with Gasteiger partial charge in [0, 0.05) is 19.1 Å². The van der Waals surface area contributed by atoms with Crippen molar-refractivity contribution in [2.75, 3.05) is 19.6 Å². The first-order chi connectivity index (χ1) is 9.50. The maximum Gasteiger partial charge on any atom is 0.416 e. The Bertz CT molecular complexity index is 414. The molecule has 0 aliphatic carbocycles. The van der Waals surface area contributed by atoms with Crippen LogP contribution in [0.3, 0.4) is 0 Å². The molecule has 2 rings (SSSR count). The van der Waals surface area contributed by atoms with Gasteiger partial charge >= 0.3 is 6.18 Å². The van der Waals surface area contributed by atoms with E-state index >= 15 is 0 Å². The van der Waals surface area contributed by atoms with E-state index in [4.69, 9.17) is 0 Å². The molecule has 0 aromatic heterocycles. The van der Waals surface area contributed by atoms with Gasteiger partial charge in [0.15, 0.2) is 0 Å². The van der Waals surface area contributed by atoms with E-state index in [0.29, 0.717) is 6.04 Å². The zero-order valence-electron chi connectivity index (χ0n) is 12.1. The third-order valence-corrected chi connectivity index (χ3v) is 3.73. The van der Waals surface area contributed by atoms with E-state index in [-0.39, 0.29) is 12.4 Å². The molecule has 0 spiro atoms. The second kappa shape index (κ2) is 8.01. The zero-order valence-corrected chi connectivity index (χ0v) is 12.9. The van der Waals surface area contributed by atoms with Crippen LogP contribution in [0.4, 0.5) is 13.2 Å². The van der Waals surface area contributed by atoms with Crippen LogP contribution in [0.15, 0.2) is 24.3 Å². The number of benzene rings is 1. The summed E-state index contributed by atoms with van der Waals surface area (Å²) in [5.74, 6) is 0. The molecule has 1 aromatic carbocycles. The van der Waals surface area contributed by atoms with Gasteiger partial charge in [-0.15, -0.1) is 12.4 Å². The molecule has 0 amide bonds. The van der Waals surface area contributed by atoms with Crippen LogP contribution < -0.4 is 5.32 Å². The zero-order chi connectivity index (χ0) is 14.6. The monoisotopic (exact) mass is 322 g/mol. The molecule has 0 saturated carbocycles. The Morgan fingerprint density at radius 3 is 2.38 bits per heavy atom. The molecular formula is C15H22ClF3N2. The molecule has 1 saturated heterocycles.